The standard InChI is InChI=1S/C15H20F3NOS/c1-10(2)13-6-4-12(5-7-13)8-21-11(3)14(20)19-9-15(16,17)18/h4-7,10-11H,8-9H2,1-3H3,(H,19,20). The van der Waals surface area contributed by atoms with Gasteiger partial charge in [0.05, 0.1) is 5.25 Å². The largest absolute Gasteiger partial charge is 0.405 e. The van der Waals surface area contributed by atoms with E-state index >= 15 is 0 Å². The van der Waals surface area contributed by atoms with E-state index in [1.807, 2.05) is 29.6 Å². The summed E-state index contributed by atoms with van der Waals surface area (Å²) < 4.78 is 36.0. The van der Waals surface area contributed by atoms with Gasteiger partial charge in [0.2, 0.25) is 5.91 Å². The van der Waals surface area contributed by atoms with E-state index < -0.39 is 23.9 Å². The molecule has 0 saturated carbocycles. The summed E-state index contributed by atoms with van der Waals surface area (Å²) in [6.45, 7) is 4.55. The maximum Gasteiger partial charge on any atom is 0.405 e. The number of rotatable bonds is 6. The van der Waals surface area contributed by atoms with Crippen molar-refractivity contribution in [2.45, 2.75) is 43.9 Å². The van der Waals surface area contributed by atoms with Crippen LogP contribution in [0.2, 0.25) is 0 Å². The van der Waals surface area contributed by atoms with Crippen LogP contribution in [0.25, 0.3) is 0 Å². The van der Waals surface area contributed by atoms with Gasteiger partial charge in [0, 0.05) is 5.75 Å². The number of amides is 1. The topological polar surface area (TPSA) is 29.1 Å². The summed E-state index contributed by atoms with van der Waals surface area (Å²) in [5, 5.41) is 1.38. The van der Waals surface area contributed by atoms with Crippen molar-refractivity contribution in [3.05, 3.63) is 35.4 Å². The lowest BCUT2D eigenvalue weighted by molar-refractivity contribution is -0.137. The number of thioether (sulfide) groups is 1. The Morgan fingerprint density at radius 1 is 1.19 bits per heavy atom. The molecule has 0 aliphatic rings. The van der Waals surface area contributed by atoms with Gasteiger partial charge in [-0.25, -0.2) is 0 Å². The molecule has 0 aliphatic carbocycles. The van der Waals surface area contributed by atoms with Crippen molar-refractivity contribution in [2.24, 2.45) is 0 Å². The van der Waals surface area contributed by atoms with Crippen molar-refractivity contribution in [1.82, 2.24) is 5.32 Å². The SMILES string of the molecule is CC(SCc1ccc(C(C)C)cc1)C(=O)NCC(F)(F)F. The van der Waals surface area contributed by atoms with Crippen LogP contribution < -0.4 is 5.32 Å². The van der Waals surface area contributed by atoms with Crippen LogP contribution in [0.15, 0.2) is 24.3 Å². The van der Waals surface area contributed by atoms with Gasteiger partial charge in [0.15, 0.2) is 0 Å². The summed E-state index contributed by atoms with van der Waals surface area (Å²) in [5.74, 6) is 0.466. The van der Waals surface area contributed by atoms with Gasteiger partial charge in [-0.1, -0.05) is 38.1 Å². The minimum atomic E-state index is -4.37. The number of hydrogen-bond donors (Lipinski definition) is 1. The number of carbonyl (C=O) groups is 1. The first-order valence-corrected chi connectivity index (χ1v) is 7.79. The van der Waals surface area contributed by atoms with Crippen LogP contribution in [0.4, 0.5) is 13.2 Å². The molecule has 0 heterocycles. The zero-order valence-electron chi connectivity index (χ0n) is 12.3. The molecule has 1 amide bonds. The molecule has 0 radical (unpaired) electrons. The van der Waals surface area contributed by atoms with E-state index in [0.29, 0.717) is 11.7 Å². The third-order valence-electron chi connectivity index (χ3n) is 2.98. The van der Waals surface area contributed by atoms with E-state index in [-0.39, 0.29) is 0 Å². The zero-order chi connectivity index (χ0) is 16.0. The highest BCUT2D eigenvalue weighted by Crippen LogP contribution is 2.21. The molecule has 1 aromatic rings. The molecule has 0 bridgehead atoms. The van der Waals surface area contributed by atoms with Crippen LogP contribution in [0, 0.1) is 0 Å². The third kappa shape index (κ3) is 6.89. The van der Waals surface area contributed by atoms with Crippen molar-refractivity contribution in [1.29, 1.82) is 0 Å². The zero-order valence-corrected chi connectivity index (χ0v) is 13.1. The van der Waals surface area contributed by atoms with Crippen molar-refractivity contribution in [3.8, 4) is 0 Å². The fraction of sp³-hybridized carbons (Fsp3) is 0.533. The van der Waals surface area contributed by atoms with Gasteiger partial charge >= 0.3 is 6.18 Å². The molecule has 1 N–H and O–H groups in total. The Morgan fingerprint density at radius 3 is 2.24 bits per heavy atom. The molecular weight excluding hydrogens is 299 g/mol. The Morgan fingerprint density at radius 2 is 1.76 bits per heavy atom. The molecule has 0 fully saturated rings. The van der Waals surface area contributed by atoms with Crippen LogP contribution in [-0.2, 0) is 10.5 Å². The van der Waals surface area contributed by atoms with Crippen molar-refractivity contribution in [3.63, 3.8) is 0 Å². The molecule has 1 atom stereocenters. The predicted molar refractivity (Wildman–Crippen MR) is 80.4 cm³/mol. The highest BCUT2D eigenvalue weighted by molar-refractivity contribution is 7.99. The fourth-order valence-electron chi connectivity index (χ4n) is 1.63. The minimum Gasteiger partial charge on any atom is -0.346 e. The summed E-state index contributed by atoms with van der Waals surface area (Å²) >= 11 is 1.32. The van der Waals surface area contributed by atoms with Crippen LogP contribution in [0.3, 0.4) is 0 Å². The molecular formula is C15H20F3NOS. The summed E-state index contributed by atoms with van der Waals surface area (Å²) in [6.07, 6.45) is -4.37. The van der Waals surface area contributed by atoms with Crippen LogP contribution in [-0.4, -0.2) is 23.9 Å². The van der Waals surface area contributed by atoms with Gasteiger partial charge in [-0.15, -0.1) is 11.8 Å². The molecule has 0 aromatic heterocycles. The Kier molecular flexibility index (Phi) is 6.58. The quantitative estimate of drug-likeness (QED) is 0.855. The van der Waals surface area contributed by atoms with Gasteiger partial charge in [0.1, 0.15) is 6.54 Å². The molecule has 0 aliphatic heterocycles. The Labute approximate surface area is 127 Å². The van der Waals surface area contributed by atoms with E-state index in [1.54, 1.807) is 6.92 Å². The van der Waals surface area contributed by atoms with E-state index in [9.17, 15) is 18.0 Å². The van der Waals surface area contributed by atoms with Crippen molar-refractivity contribution < 1.29 is 18.0 Å². The Hall–Kier alpha value is -1.17. The first kappa shape index (κ1) is 17.9. The van der Waals surface area contributed by atoms with Gasteiger partial charge in [-0.2, -0.15) is 13.2 Å². The first-order chi connectivity index (χ1) is 9.69. The maximum absolute atomic E-state index is 12.0. The Bertz CT molecular complexity index is 457. The maximum atomic E-state index is 12.0. The van der Waals surface area contributed by atoms with E-state index in [1.165, 1.54) is 17.3 Å². The molecule has 2 nitrogen and oxygen atoms in total. The molecule has 21 heavy (non-hydrogen) atoms. The number of nitrogens with one attached hydrogen (secondary N) is 1. The van der Waals surface area contributed by atoms with Crippen LogP contribution in [0.5, 0.6) is 0 Å². The lowest BCUT2D eigenvalue weighted by Crippen LogP contribution is -2.38. The molecule has 118 valence electrons. The summed E-state index contributed by atoms with van der Waals surface area (Å²) in [5.41, 5.74) is 2.29. The fourth-order valence-corrected chi connectivity index (χ4v) is 2.50. The van der Waals surface area contributed by atoms with E-state index in [0.717, 1.165) is 5.56 Å². The first-order valence-electron chi connectivity index (χ1n) is 6.74. The molecule has 0 saturated heterocycles. The summed E-state index contributed by atoms with van der Waals surface area (Å²) in [4.78, 5) is 11.5. The highest BCUT2D eigenvalue weighted by Gasteiger charge is 2.28. The smallest absolute Gasteiger partial charge is 0.346 e. The third-order valence-corrected chi connectivity index (χ3v) is 4.19. The second kappa shape index (κ2) is 7.73. The molecule has 1 rings (SSSR count). The normalized spacial score (nSPS) is 13.3. The van der Waals surface area contributed by atoms with Crippen LogP contribution >= 0.6 is 11.8 Å². The number of halogens is 3. The molecule has 0 spiro atoms. The number of hydrogen-bond acceptors (Lipinski definition) is 2. The van der Waals surface area contributed by atoms with E-state index in [2.05, 4.69) is 13.8 Å². The Balaban J connectivity index is 2.41. The van der Waals surface area contributed by atoms with Gasteiger partial charge in [0.25, 0.3) is 0 Å². The predicted octanol–water partition coefficient (Wildman–Crippen LogP) is 4.11. The van der Waals surface area contributed by atoms with Crippen molar-refractivity contribution >= 4 is 17.7 Å². The van der Waals surface area contributed by atoms with Gasteiger partial charge < -0.3 is 5.32 Å². The lowest BCUT2D eigenvalue weighted by atomic mass is 10.0. The number of alkyl halides is 3. The lowest BCUT2D eigenvalue weighted by Gasteiger charge is -2.13. The summed E-state index contributed by atoms with van der Waals surface area (Å²) in [6, 6.07) is 8.05. The van der Waals surface area contributed by atoms with Gasteiger partial charge in [-0.3, -0.25) is 4.79 Å². The molecule has 1 unspecified atom stereocenters. The average Bonchev–Trinajstić information content (AvgIpc) is 2.41. The average molecular weight is 319 g/mol. The molecule has 1 aromatic carbocycles. The number of benzene rings is 1. The highest BCUT2D eigenvalue weighted by atomic mass is 32.2. The monoisotopic (exact) mass is 319 g/mol. The molecule has 6 heteroatoms. The second-order valence-corrected chi connectivity index (χ2v) is 6.51. The summed E-state index contributed by atoms with van der Waals surface area (Å²) in [7, 11) is 0. The van der Waals surface area contributed by atoms with E-state index in [4.69, 9.17) is 0 Å². The second-order valence-electron chi connectivity index (χ2n) is 5.18. The number of carbonyl (C=O) groups excluding carboxylic acids is 1. The van der Waals surface area contributed by atoms with Crippen LogP contribution in [0.1, 0.15) is 37.8 Å². The van der Waals surface area contributed by atoms with Gasteiger partial charge in [-0.05, 0) is 24.0 Å². The van der Waals surface area contributed by atoms with Crippen molar-refractivity contribution in [2.75, 3.05) is 6.54 Å². The minimum absolute atomic E-state index is 0.457.